The summed E-state index contributed by atoms with van der Waals surface area (Å²) in [5, 5.41) is 10.5. The molecule has 0 saturated heterocycles. The first-order valence-corrected chi connectivity index (χ1v) is 3.96. The Kier molecular flexibility index (Phi) is 1.65. The third-order valence-electron chi connectivity index (χ3n) is 2.19. The molecule has 1 aromatic rings. The van der Waals surface area contributed by atoms with Crippen LogP contribution in [-0.4, -0.2) is 16.5 Å². The maximum absolute atomic E-state index is 10.5. The van der Waals surface area contributed by atoms with Crippen LogP contribution < -0.4 is 4.74 Å². The van der Waals surface area contributed by atoms with Crippen molar-refractivity contribution in [3.8, 4) is 5.88 Å². The van der Waals surface area contributed by atoms with Crippen LogP contribution in [-0.2, 0) is 6.42 Å². The van der Waals surface area contributed by atoms with Crippen molar-refractivity contribution in [2.75, 3.05) is 6.61 Å². The lowest BCUT2D eigenvalue weighted by molar-refractivity contribution is -0.385. The molecular weight excluding hydrogens is 172 g/mol. The zero-order chi connectivity index (χ0) is 9.42. The number of pyridine rings is 1. The second-order valence-electron chi connectivity index (χ2n) is 2.91. The molecule has 0 spiro atoms. The van der Waals surface area contributed by atoms with E-state index in [1.165, 1.54) is 6.20 Å². The number of nitrogens with zero attached hydrogens (tertiary/aromatic N) is 2. The van der Waals surface area contributed by atoms with Crippen LogP contribution in [0.5, 0.6) is 5.88 Å². The molecule has 1 aromatic heterocycles. The highest BCUT2D eigenvalue weighted by Crippen LogP contribution is 2.30. The predicted octanol–water partition coefficient (Wildman–Crippen LogP) is 1.23. The average Bonchev–Trinajstić information content (AvgIpc) is 2.52. The first-order chi connectivity index (χ1) is 6.20. The van der Waals surface area contributed by atoms with Crippen LogP contribution in [0.3, 0.4) is 0 Å². The number of nitro groups is 1. The standard InChI is InChI=1S/C8H8N2O3/c1-5-6-2-3-13-8(6)9-4-7(5)10(11)12/h4H,2-3H2,1H3. The second-order valence-corrected chi connectivity index (χ2v) is 2.91. The van der Waals surface area contributed by atoms with E-state index in [0.29, 0.717) is 18.1 Å². The molecule has 0 radical (unpaired) electrons. The molecule has 1 aliphatic heterocycles. The number of rotatable bonds is 1. The van der Waals surface area contributed by atoms with Crippen molar-refractivity contribution >= 4 is 5.69 Å². The van der Waals surface area contributed by atoms with E-state index < -0.39 is 4.92 Å². The largest absolute Gasteiger partial charge is 0.477 e. The molecule has 0 saturated carbocycles. The Morgan fingerprint density at radius 1 is 1.69 bits per heavy atom. The lowest BCUT2D eigenvalue weighted by atomic mass is 10.1. The molecule has 2 rings (SSSR count). The summed E-state index contributed by atoms with van der Waals surface area (Å²) in [7, 11) is 0. The van der Waals surface area contributed by atoms with Crippen molar-refractivity contribution in [2.45, 2.75) is 13.3 Å². The average molecular weight is 180 g/mol. The molecule has 0 unspecified atom stereocenters. The van der Waals surface area contributed by atoms with Gasteiger partial charge in [0.05, 0.1) is 11.5 Å². The first-order valence-electron chi connectivity index (χ1n) is 3.96. The molecule has 0 aliphatic carbocycles. The van der Waals surface area contributed by atoms with E-state index in [-0.39, 0.29) is 5.69 Å². The van der Waals surface area contributed by atoms with Crippen molar-refractivity contribution < 1.29 is 9.66 Å². The van der Waals surface area contributed by atoms with Crippen LogP contribution in [0.25, 0.3) is 0 Å². The molecule has 1 aliphatic rings. The highest BCUT2D eigenvalue weighted by atomic mass is 16.6. The Morgan fingerprint density at radius 3 is 3.15 bits per heavy atom. The summed E-state index contributed by atoms with van der Waals surface area (Å²) in [4.78, 5) is 14.0. The monoisotopic (exact) mass is 180 g/mol. The van der Waals surface area contributed by atoms with Crippen molar-refractivity contribution in [2.24, 2.45) is 0 Å². The molecule has 0 bridgehead atoms. The van der Waals surface area contributed by atoms with Gasteiger partial charge in [0.15, 0.2) is 0 Å². The van der Waals surface area contributed by atoms with E-state index in [2.05, 4.69) is 4.98 Å². The molecule has 2 heterocycles. The Morgan fingerprint density at radius 2 is 2.46 bits per heavy atom. The van der Waals surface area contributed by atoms with Crippen LogP contribution in [0, 0.1) is 17.0 Å². The molecule has 5 heteroatoms. The van der Waals surface area contributed by atoms with Gasteiger partial charge < -0.3 is 4.74 Å². The van der Waals surface area contributed by atoms with Gasteiger partial charge >= 0.3 is 0 Å². The smallest absolute Gasteiger partial charge is 0.290 e. The zero-order valence-electron chi connectivity index (χ0n) is 7.11. The van der Waals surface area contributed by atoms with Gasteiger partial charge in [-0.25, -0.2) is 4.98 Å². The molecule has 5 nitrogen and oxygen atoms in total. The van der Waals surface area contributed by atoms with Crippen LogP contribution in [0.2, 0.25) is 0 Å². The van der Waals surface area contributed by atoms with Gasteiger partial charge in [-0.15, -0.1) is 0 Å². The number of hydrogen-bond acceptors (Lipinski definition) is 4. The molecule has 0 N–H and O–H groups in total. The van der Waals surface area contributed by atoms with E-state index in [0.717, 1.165) is 12.0 Å². The normalized spacial score (nSPS) is 13.6. The van der Waals surface area contributed by atoms with Crippen molar-refractivity contribution in [1.29, 1.82) is 0 Å². The minimum atomic E-state index is -0.416. The highest BCUT2D eigenvalue weighted by molar-refractivity contribution is 5.48. The van der Waals surface area contributed by atoms with Gasteiger partial charge in [0, 0.05) is 17.5 Å². The summed E-state index contributed by atoms with van der Waals surface area (Å²) in [6.07, 6.45) is 1.97. The fraction of sp³-hybridized carbons (Fsp3) is 0.375. The van der Waals surface area contributed by atoms with Crippen LogP contribution in [0.4, 0.5) is 5.69 Å². The fourth-order valence-corrected chi connectivity index (χ4v) is 1.46. The van der Waals surface area contributed by atoms with E-state index in [4.69, 9.17) is 4.74 Å². The second kappa shape index (κ2) is 2.69. The SMILES string of the molecule is Cc1c([N+](=O)[O-])cnc2c1CCO2. The van der Waals surface area contributed by atoms with Crippen molar-refractivity contribution in [3.05, 3.63) is 27.4 Å². The Balaban J connectivity index is 2.59. The Bertz CT molecular complexity index is 376. The Labute approximate surface area is 74.5 Å². The topological polar surface area (TPSA) is 65.3 Å². The molecule has 0 aromatic carbocycles. The highest BCUT2D eigenvalue weighted by Gasteiger charge is 2.22. The van der Waals surface area contributed by atoms with Crippen LogP contribution in [0.15, 0.2) is 6.20 Å². The molecule has 0 fully saturated rings. The van der Waals surface area contributed by atoms with Gasteiger partial charge in [-0.2, -0.15) is 0 Å². The number of hydrogen-bond donors (Lipinski definition) is 0. The summed E-state index contributed by atoms with van der Waals surface area (Å²) >= 11 is 0. The summed E-state index contributed by atoms with van der Waals surface area (Å²) < 4.78 is 5.18. The minimum absolute atomic E-state index is 0.0734. The van der Waals surface area contributed by atoms with Gasteiger partial charge in [0.1, 0.15) is 6.20 Å². The summed E-state index contributed by atoms with van der Waals surface area (Å²) in [5.74, 6) is 0.545. The molecular formula is C8H8N2O3. The van der Waals surface area contributed by atoms with E-state index in [1.807, 2.05) is 0 Å². The minimum Gasteiger partial charge on any atom is -0.477 e. The molecule has 68 valence electrons. The lowest BCUT2D eigenvalue weighted by Crippen LogP contribution is -1.96. The van der Waals surface area contributed by atoms with Gasteiger partial charge in [0.2, 0.25) is 5.88 Å². The predicted molar refractivity (Wildman–Crippen MR) is 44.8 cm³/mol. The number of aromatic nitrogens is 1. The number of fused-ring (bicyclic) bond motifs is 1. The summed E-state index contributed by atoms with van der Waals surface area (Å²) in [5.41, 5.74) is 1.62. The number of ether oxygens (including phenoxy) is 1. The third-order valence-corrected chi connectivity index (χ3v) is 2.19. The quantitative estimate of drug-likeness (QED) is 0.481. The zero-order valence-corrected chi connectivity index (χ0v) is 7.11. The summed E-state index contributed by atoms with van der Waals surface area (Å²) in [6.45, 7) is 2.30. The molecule has 0 amide bonds. The third kappa shape index (κ3) is 1.12. The van der Waals surface area contributed by atoms with E-state index in [1.54, 1.807) is 6.92 Å². The van der Waals surface area contributed by atoms with Crippen LogP contribution >= 0.6 is 0 Å². The lowest BCUT2D eigenvalue weighted by Gasteiger charge is -2.01. The van der Waals surface area contributed by atoms with E-state index >= 15 is 0 Å². The fourth-order valence-electron chi connectivity index (χ4n) is 1.46. The van der Waals surface area contributed by atoms with Gasteiger partial charge in [-0.3, -0.25) is 10.1 Å². The maximum atomic E-state index is 10.5. The maximum Gasteiger partial charge on any atom is 0.290 e. The van der Waals surface area contributed by atoms with Crippen LogP contribution in [0.1, 0.15) is 11.1 Å². The van der Waals surface area contributed by atoms with Crippen molar-refractivity contribution in [3.63, 3.8) is 0 Å². The van der Waals surface area contributed by atoms with E-state index in [9.17, 15) is 10.1 Å². The first kappa shape index (κ1) is 7.97. The van der Waals surface area contributed by atoms with Gasteiger partial charge in [-0.05, 0) is 6.92 Å². The van der Waals surface area contributed by atoms with Gasteiger partial charge in [0.25, 0.3) is 5.69 Å². The Hall–Kier alpha value is -1.65. The molecule has 13 heavy (non-hydrogen) atoms. The molecule has 0 atom stereocenters. The summed E-state index contributed by atoms with van der Waals surface area (Å²) in [6, 6.07) is 0. The van der Waals surface area contributed by atoms with Crippen molar-refractivity contribution in [1.82, 2.24) is 4.98 Å². The van der Waals surface area contributed by atoms with Gasteiger partial charge in [-0.1, -0.05) is 0 Å².